The molecule has 102 valence electrons. The average Bonchev–Trinajstić information content (AvgIpc) is 2.36. The van der Waals surface area contributed by atoms with Crippen molar-refractivity contribution in [3.8, 4) is 0 Å². The van der Waals surface area contributed by atoms with Gasteiger partial charge in [0.25, 0.3) is 0 Å². The summed E-state index contributed by atoms with van der Waals surface area (Å²) in [6, 6.07) is 9.30. The lowest BCUT2D eigenvalue weighted by Gasteiger charge is -2.26. The van der Waals surface area contributed by atoms with Crippen LogP contribution >= 0.6 is 0 Å². The molecular weight excluding hydrogens is 220 g/mol. The molecular formula is C16H28N2. The minimum Gasteiger partial charge on any atom is -0.371 e. The third kappa shape index (κ3) is 4.69. The second kappa shape index (κ2) is 8.15. The van der Waals surface area contributed by atoms with Gasteiger partial charge in [0.05, 0.1) is 0 Å². The molecule has 1 aromatic rings. The molecule has 0 fully saturated rings. The molecule has 0 heterocycles. The SMILES string of the molecule is CCCN(CCC)c1ccccc1CNC(C)C. The number of benzene rings is 1. The van der Waals surface area contributed by atoms with Gasteiger partial charge in [0.2, 0.25) is 0 Å². The molecule has 0 amide bonds. The quantitative estimate of drug-likeness (QED) is 0.752. The number of nitrogens with zero attached hydrogens (tertiary/aromatic N) is 1. The maximum absolute atomic E-state index is 3.51. The molecule has 0 saturated carbocycles. The van der Waals surface area contributed by atoms with Crippen LogP contribution in [-0.4, -0.2) is 19.1 Å². The summed E-state index contributed by atoms with van der Waals surface area (Å²) >= 11 is 0. The summed E-state index contributed by atoms with van der Waals surface area (Å²) in [7, 11) is 0. The highest BCUT2D eigenvalue weighted by Crippen LogP contribution is 2.21. The van der Waals surface area contributed by atoms with E-state index in [1.807, 2.05) is 0 Å². The first kappa shape index (κ1) is 15.0. The number of anilines is 1. The fraction of sp³-hybridized carbons (Fsp3) is 0.625. The summed E-state index contributed by atoms with van der Waals surface area (Å²) in [4.78, 5) is 2.51. The molecule has 1 aromatic carbocycles. The highest BCUT2D eigenvalue weighted by atomic mass is 15.1. The molecule has 1 rings (SSSR count). The van der Waals surface area contributed by atoms with E-state index in [0.717, 1.165) is 19.6 Å². The van der Waals surface area contributed by atoms with Crippen LogP contribution in [-0.2, 0) is 6.54 Å². The molecule has 0 atom stereocenters. The Morgan fingerprint density at radius 3 is 2.22 bits per heavy atom. The zero-order chi connectivity index (χ0) is 13.4. The molecule has 0 spiro atoms. The Bertz CT molecular complexity index is 328. The van der Waals surface area contributed by atoms with E-state index >= 15 is 0 Å². The lowest BCUT2D eigenvalue weighted by atomic mass is 10.1. The summed E-state index contributed by atoms with van der Waals surface area (Å²) in [6.45, 7) is 12.1. The Kier molecular flexibility index (Phi) is 6.81. The Balaban J connectivity index is 2.83. The van der Waals surface area contributed by atoms with E-state index in [1.54, 1.807) is 0 Å². The average molecular weight is 248 g/mol. The van der Waals surface area contributed by atoms with Crippen LogP contribution in [0.5, 0.6) is 0 Å². The maximum Gasteiger partial charge on any atom is 0.0411 e. The zero-order valence-corrected chi connectivity index (χ0v) is 12.4. The second-order valence-electron chi connectivity index (χ2n) is 5.15. The molecule has 0 aliphatic rings. The lowest BCUT2D eigenvalue weighted by molar-refractivity contribution is 0.587. The monoisotopic (exact) mass is 248 g/mol. The van der Waals surface area contributed by atoms with Gasteiger partial charge in [-0.05, 0) is 24.5 Å². The summed E-state index contributed by atoms with van der Waals surface area (Å²) < 4.78 is 0. The third-order valence-corrected chi connectivity index (χ3v) is 3.02. The number of hydrogen-bond acceptors (Lipinski definition) is 2. The molecule has 2 heteroatoms. The van der Waals surface area contributed by atoms with E-state index in [4.69, 9.17) is 0 Å². The van der Waals surface area contributed by atoms with E-state index in [9.17, 15) is 0 Å². The predicted molar refractivity (Wildman–Crippen MR) is 81.2 cm³/mol. The standard InChI is InChI=1S/C16H28N2/c1-5-11-18(12-6-2)16-10-8-7-9-15(16)13-17-14(3)4/h7-10,14,17H,5-6,11-13H2,1-4H3. The van der Waals surface area contributed by atoms with Gasteiger partial charge in [-0.15, -0.1) is 0 Å². The van der Waals surface area contributed by atoms with Gasteiger partial charge in [-0.1, -0.05) is 45.9 Å². The van der Waals surface area contributed by atoms with Gasteiger partial charge in [-0.2, -0.15) is 0 Å². The first-order valence-corrected chi connectivity index (χ1v) is 7.25. The number of para-hydroxylation sites is 1. The first-order chi connectivity index (χ1) is 8.69. The number of rotatable bonds is 8. The molecule has 1 N–H and O–H groups in total. The maximum atomic E-state index is 3.51. The number of nitrogens with one attached hydrogen (secondary N) is 1. The van der Waals surface area contributed by atoms with Gasteiger partial charge >= 0.3 is 0 Å². The molecule has 0 bridgehead atoms. The van der Waals surface area contributed by atoms with Crippen LogP contribution in [0.1, 0.15) is 46.1 Å². The minimum absolute atomic E-state index is 0.531. The van der Waals surface area contributed by atoms with E-state index < -0.39 is 0 Å². The van der Waals surface area contributed by atoms with E-state index in [2.05, 4.69) is 62.2 Å². The van der Waals surface area contributed by atoms with Crippen molar-refractivity contribution in [3.63, 3.8) is 0 Å². The molecule has 18 heavy (non-hydrogen) atoms. The van der Waals surface area contributed by atoms with Crippen LogP contribution in [0.4, 0.5) is 5.69 Å². The topological polar surface area (TPSA) is 15.3 Å². The molecule has 0 aromatic heterocycles. The van der Waals surface area contributed by atoms with Crippen LogP contribution in [0.2, 0.25) is 0 Å². The summed E-state index contributed by atoms with van der Waals surface area (Å²) in [6.07, 6.45) is 2.40. The van der Waals surface area contributed by atoms with Crippen molar-refractivity contribution in [3.05, 3.63) is 29.8 Å². The van der Waals surface area contributed by atoms with Gasteiger partial charge < -0.3 is 10.2 Å². The van der Waals surface area contributed by atoms with Gasteiger partial charge in [0.1, 0.15) is 0 Å². The molecule has 0 unspecified atom stereocenters. The van der Waals surface area contributed by atoms with Crippen LogP contribution in [0.25, 0.3) is 0 Å². The van der Waals surface area contributed by atoms with Crippen LogP contribution in [0, 0.1) is 0 Å². The van der Waals surface area contributed by atoms with Gasteiger partial charge in [0.15, 0.2) is 0 Å². The Hall–Kier alpha value is -1.02. The number of hydrogen-bond donors (Lipinski definition) is 1. The van der Waals surface area contributed by atoms with Crippen molar-refractivity contribution in [1.82, 2.24) is 5.32 Å². The van der Waals surface area contributed by atoms with Crippen molar-refractivity contribution < 1.29 is 0 Å². The summed E-state index contributed by atoms with van der Waals surface area (Å²) in [5.41, 5.74) is 2.81. The molecule has 0 saturated heterocycles. The summed E-state index contributed by atoms with van der Waals surface area (Å²) in [5.74, 6) is 0. The van der Waals surface area contributed by atoms with E-state index in [0.29, 0.717) is 6.04 Å². The third-order valence-electron chi connectivity index (χ3n) is 3.02. The van der Waals surface area contributed by atoms with E-state index in [-0.39, 0.29) is 0 Å². The van der Waals surface area contributed by atoms with E-state index in [1.165, 1.54) is 24.1 Å². The molecule has 0 aliphatic heterocycles. The molecule has 0 aliphatic carbocycles. The van der Waals surface area contributed by atoms with Crippen molar-refractivity contribution in [2.45, 2.75) is 53.1 Å². The zero-order valence-electron chi connectivity index (χ0n) is 12.4. The predicted octanol–water partition coefficient (Wildman–Crippen LogP) is 3.81. The highest BCUT2D eigenvalue weighted by molar-refractivity contribution is 5.53. The molecule has 2 nitrogen and oxygen atoms in total. The largest absolute Gasteiger partial charge is 0.371 e. The fourth-order valence-corrected chi connectivity index (χ4v) is 2.18. The minimum atomic E-state index is 0.531. The van der Waals surface area contributed by atoms with Crippen molar-refractivity contribution >= 4 is 5.69 Å². The second-order valence-corrected chi connectivity index (χ2v) is 5.15. The van der Waals surface area contributed by atoms with Crippen LogP contribution in [0.3, 0.4) is 0 Å². The fourth-order valence-electron chi connectivity index (χ4n) is 2.18. The Morgan fingerprint density at radius 1 is 1.06 bits per heavy atom. The van der Waals surface area contributed by atoms with Gasteiger partial charge in [-0.3, -0.25) is 0 Å². The highest BCUT2D eigenvalue weighted by Gasteiger charge is 2.09. The van der Waals surface area contributed by atoms with Gasteiger partial charge in [0, 0.05) is 31.4 Å². The smallest absolute Gasteiger partial charge is 0.0411 e. The van der Waals surface area contributed by atoms with Crippen LogP contribution in [0.15, 0.2) is 24.3 Å². The first-order valence-electron chi connectivity index (χ1n) is 7.25. The van der Waals surface area contributed by atoms with Gasteiger partial charge in [-0.25, -0.2) is 0 Å². The van der Waals surface area contributed by atoms with Crippen LogP contribution < -0.4 is 10.2 Å². The Labute approximate surface area is 112 Å². The molecule has 0 radical (unpaired) electrons. The summed E-state index contributed by atoms with van der Waals surface area (Å²) in [5, 5.41) is 3.51. The van der Waals surface area contributed by atoms with Crippen molar-refractivity contribution in [2.75, 3.05) is 18.0 Å². The lowest BCUT2D eigenvalue weighted by Crippen LogP contribution is -2.28. The van der Waals surface area contributed by atoms with Crippen molar-refractivity contribution in [1.29, 1.82) is 0 Å². The Morgan fingerprint density at radius 2 is 1.67 bits per heavy atom. The van der Waals surface area contributed by atoms with Crippen molar-refractivity contribution in [2.24, 2.45) is 0 Å². The normalized spacial score (nSPS) is 10.9.